The van der Waals surface area contributed by atoms with Crippen LogP contribution in [0.4, 0.5) is 5.69 Å². The van der Waals surface area contributed by atoms with E-state index in [-0.39, 0.29) is 29.1 Å². The summed E-state index contributed by atoms with van der Waals surface area (Å²) in [6.45, 7) is 8.76. The van der Waals surface area contributed by atoms with Crippen molar-refractivity contribution in [3.63, 3.8) is 0 Å². The van der Waals surface area contributed by atoms with Gasteiger partial charge in [0, 0.05) is 18.7 Å². The van der Waals surface area contributed by atoms with Gasteiger partial charge in [-0.1, -0.05) is 49.2 Å². The zero-order valence-corrected chi connectivity index (χ0v) is 29.0. The Morgan fingerprint density at radius 2 is 1.51 bits per heavy atom. The highest BCUT2D eigenvalue weighted by Gasteiger charge is 2.34. The number of anilines is 1. The second kappa shape index (κ2) is 15.7. The van der Waals surface area contributed by atoms with Gasteiger partial charge in [0.2, 0.25) is 11.8 Å². The largest absolute Gasteiger partial charge is 0.493 e. The number of halogens is 2. The minimum atomic E-state index is -4.32. The van der Waals surface area contributed by atoms with Crippen LogP contribution in [0.5, 0.6) is 11.5 Å². The standard InChI is InChI=1S/C33H41Cl2N3O6S/c1-8-23(5)36-33(40)29(9-2)37(19-24-10-12-27(34)28(35)17-24)32(39)20-38(25-15-21(3)14-22(4)16-25)45(41,42)26-11-13-30(43-6)31(18-26)44-7/h10-18,23,29H,8-9,19-20H2,1-7H3,(H,36,40)/t23-,29+/m0/s1. The molecule has 244 valence electrons. The smallest absolute Gasteiger partial charge is 0.264 e. The molecule has 2 atom stereocenters. The summed E-state index contributed by atoms with van der Waals surface area (Å²) in [5, 5.41) is 3.61. The van der Waals surface area contributed by atoms with E-state index in [0.717, 1.165) is 15.4 Å². The van der Waals surface area contributed by atoms with Gasteiger partial charge in [-0.15, -0.1) is 0 Å². The van der Waals surface area contributed by atoms with Gasteiger partial charge in [-0.2, -0.15) is 0 Å². The van der Waals surface area contributed by atoms with E-state index >= 15 is 0 Å². The minimum Gasteiger partial charge on any atom is -0.493 e. The first-order valence-electron chi connectivity index (χ1n) is 14.6. The van der Waals surface area contributed by atoms with Crippen LogP contribution in [0.3, 0.4) is 0 Å². The van der Waals surface area contributed by atoms with Crippen LogP contribution < -0.4 is 19.1 Å². The number of hydrogen-bond donors (Lipinski definition) is 1. The molecule has 9 nitrogen and oxygen atoms in total. The van der Waals surface area contributed by atoms with E-state index in [2.05, 4.69) is 5.32 Å². The summed E-state index contributed by atoms with van der Waals surface area (Å²) in [6.07, 6.45) is 0.994. The summed E-state index contributed by atoms with van der Waals surface area (Å²) in [6, 6.07) is 13.5. The summed E-state index contributed by atoms with van der Waals surface area (Å²) >= 11 is 12.4. The predicted molar refractivity (Wildman–Crippen MR) is 179 cm³/mol. The Bertz CT molecular complexity index is 1610. The number of rotatable bonds is 14. The average Bonchev–Trinajstić information content (AvgIpc) is 3.00. The minimum absolute atomic E-state index is 0.000748. The van der Waals surface area contributed by atoms with Crippen molar-refractivity contribution in [1.29, 1.82) is 0 Å². The van der Waals surface area contributed by atoms with E-state index < -0.39 is 28.5 Å². The maximum atomic E-state index is 14.4. The van der Waals surface area contributed by atoms with Crippen LogP contribution in [0.1, 0.15) is 50.3 Å². The molecule has 0 saturated heterocycles. The summed E-state index contributed by atoms with van der Waals surface area (Å²) < 4.78 is 40.4. The molecule has 3 aromatic rings. The zero-order valence-electron chi connectivity index (χ0n) is 26.7. The summed E-state index contributed by atoms with van der Waals surface area (Å²) in [4.78, 5) is 29.1. The average molecular weight is 679 g/mol. The van der Waals surface area contributed by atoms with Gasteiger partial charge in [0.1, 0.15) is 12.6 Å². The first-order chi connectivity index (χ1) is 21.2. The van der Waals surface area contributed by atoms with Gasteiger partial charge < -0.3 is 19.7 Å². The highest BCUT2D eigenvalue weighted by molar-refractivity contribution is 7.92. The first-order valence-corrected chi connectivity index (χ1v) is 16.8. The number of aryl methyl sites for hydroxylation is 2. The van der Waals surface area contributed by atoms with Gasteiger partial charge in [0.15, 0.2) is 11.5 Å². The Labute approximate surface area is 276 Å². The van der Waals surface area contributed by atoms with E-state index in [1.807, 2.05) is 33.8 Å². The van der Waals surface area contributed by atoms with E-state index in [1.165, 1.54) is 37.3 Å². The fourth-order valence-corrected chi connectivity index (χ4v) is 6.66. The molecular weight excluding hydrogens is 637 g/mol. The summed E-state index contributed by atoms with van der Waals surface area (Å²) in [5.41, 5.74) is 2.57. The number of benzene rings is 3. The van der Waals surface area contributed by atoms with Gasteiger partial charge >= 0.3 is 0 Å². The molecule has 0 saturated carbocycles. The lowest BCUT2D eigenvalue weighted by atomic mass is 10.1. The number of carbonyl (C=O) groups excluding carboxylic acids is 2. The first kappa shape index (κ1) is 36.0. The van der Waals surface area contributed by atoms with Gasteiger partial charge in [-0.25, -0.2) is 8.42 Å². The monoisotopic (exact) mass is 677 g/mol. The van der Waals surface area contributed by atoms with Crippen molar-refractivity contribution in [3.8, 4) is 11.5 Å². The molecule has 3 aromatic carbocycles. The number of nitrogens with one attached hydrogen (secondary N) is 1. The van der Waals surface area contributed by atoms with Crippen LogP contribution in [0, 0.1) is 13.8 Å². The molecule has 3 rings (SSSR count). The second-order valence-electron chi connectivity index (χ2n) is 10.9. The van der Waals surface area contributed by atoms with Gasteiger partial charge in [-0.3, -0.25) is 13.9 Å². The van der Waals surface area contributed by atoms with Crippen molar-refractivity contribution in [2.75, 3.05) is 25.1 Å². The van der Waals surface area contributed by atoms with E-state index in [4.69, 9.17) is 32.7 Å². The quantitative estimate of drug-likeness (QED) is 0.208. The third-order valence-electron chi connectivity index (χ3n) is 7.44. The SMILES string of the molecule is CC[C@H](C(=O)N[C@@H](C)CC)N(Cc1ccc(Cl)c(Cl)c1)C(=O)CN(c1cc(C)cc(C)c1)S(=O)(=O)c1ccc(OC)c(OC)c1. The van der Waals surface area contributed by atoms with Crippen LogP contribution in [-0.4, -0.2) is 58.0 Å². The molecule has 1 N–H and O–H groups in total. The third kappa shape index (κ3) is 8.83. The lowest BCUT2D eigenvalue weighted by Crippen LogP contribution is -2.53. The van der Waals surface area contributed by atoms with Crippen molar-refractivity contribution < 1.29 is 27.5 Å². The molecule has 0 aliphatic heterocycles. The Morgan fingerprint density at radius 3 is 2.07 bits per heavy atom. The summed E-state index contributed by atoms with van der Waals surface area (Å²) in [7, 11) is -1.46. The van der Waals surface area contributed by atoms with Crippen molar-refractivity contribution in [2.24, 2.45) is 0 Å². The number of hydrogen-bond acceptors (Lipinski definition) is 6. The van der Waals surface area contributed by atoms with E-state index in [1.54, 1.807) is 37.3 Å². The van der Waals surface area contributed by atoms with Crippen LogP contribution in [0.25, 0.3) is 0 Å². The molecule has 0 aromatic heterocycles. The molecule has 45 heavy (non-hydrogen) atoms. The van der Waals surface area contributed by atoms with Crippen molar-refractivity contribution in [2.45, 2.75) is 71.0 Å². The van der Waals surface area contributed by atoms with Crippen molar-refractivity contribution in [3.05, 3.63) is 81.3 Å². The van der Waals surface area contributed by atoms with Gasteiger partial charge in [-0.05, 0) is 86.7 Å². The number of ether oxygens (including phenoxy) is 2. The number of methoxy groups -OCH3 is 2. The van der Waals surface area contributed by atoms with Crippen molar-refractivity contribution in [1.82, 2.24) is 10.2 Å². The fourth-order valence-electron chi connectivity index (χ4n) is 4.92. The zero-order chi connectivity index (χ0) is 33.5. The molecule has 0 unspecified atom stereocenters. The molecule has 0 heterocycles. The van der Waals surface area contributed by atoms with Crippen LogP contribution in [0.15, 0.2) is 59.5 Å². The number of carbonyl (C=O) groups is 2. The van der Waals surface area contributed by atoms with Crippen LogP contribution in [-0.2, 0) is 26.2 Å². The number of amides is 2. The molecule has 0 aliphatic rings. The van der Waals surface area contributed by atoms with Crippen LogP contribution in [0.2, 0.25) is 10.0 Å². The Hall–Kier alpha value is -3.47. The van der Waals surface area contributed by atoms with E-state index in [0.29, 0.717) is 39.9 Å². The predicted octanol–water partition coefficient (Wildman–Crippen LogP) is 6.54. The topological polar surface area (TPSA) is 105 Å². The molecule has 0 spiro atoms. The Morgan fingerprint density at radius 1 is 0.867 bits per heavy atom. The van der Waals surface area contributed by atoms with E-state index in [9.17, 15) is 18.0 Å². The molecule has 12 heteroatoms. The normalized spacial score (nSPS) is 12.6. The Kier molecular flexibility index (Phi) is 12.6. The molecule has 2 amide bonds. The maximum Gasteiger partial charge on any atom is 0.264 e. The number of nitrogens with zero attached hydrogens (tertiary/aromatic N) is 2. The summed E-state index contributed by atoms with van der Waals surface area (Å²) in [5.74, 6) is -0.327. The third-order valence-corrected chi connectivity index (χ3v) is 9.95. The van der Waals surface area contributed by atoms with Crippen molar-refractivity contribution >= 4 is 50.7 Å². The van der Waals surface area contributed by atoms with Gasteiger partial charge in [0.05, 0.1) is 34.8 Å². The highest BCUT2D eigenvalue weighted by atomic mass is 35.5. The lowest BCUT2D eigenvalue weighted by Gasteiger charge is -2.34. The molecule has 0 bridgehead atoms. The Balaban J connectivity index is 2.15. The van der Waals surface area contributed by atoms with Gasteiger partial charge in [0.25, 0.3) is 10.0 Å². The molecule has 0 aliphatic carbocycles. The maximum absolute atomic E-state index is 14.4. The molecule has 0 radical (unpaired) electrons. The fraction of sp³-hybridized carbons (Fsp3) is 0.394. The number of sulfonamides is 1. The molecular formula is C33H41Cl2N3O6S. The second-order valence-corrected chi connectivity index (χ2v) is 13.6. The molecule has 0 fully saturated rings. The lowest BCUT2D eigenvalue weighted by molar-refractivity contribution is -0.140. The highest BCUT2D eigenvalue weighted by Crippen LogP contribution is 2.33. The van der Waals surface area contributed by atoms with Crippen LogP contribution >= 0.6 is 23.2 Å².